The number of thioether (sulfide) groups is 1. The van der Waals surface area contributed by atoms with Gasteiger partial charge in [-0.3, -0.25) is 4.79 Å². The number of hydrogen-bond donors (Lipinski definition) is 1. The summed E-state index contributed by atoms with van der Waals surface area (Å²) in [7, 11) is 0. The monoisotopic (exact) mass is 566 g/mol. The Morgan fingerprint density at radius 1 is 1.05 bits per heavy atom. The molecule has 1 heterocycles. The van der Waals surface area contributed by atoms with Gasteiger partial charge in [-0.2, -0.15) is 10.1 Å². The third-order valence-corrected chi connectivity index (χ3v) is 6.43. The minimum atomic E-state index is -4.76. The van der Waals surface area contributed by atoms with Crippen LogP contribution in [0.5, 0.6) is 5.75 Å². The number of nitrogens with two attached hydrogens (primary N) is 1. The van der Waals surface area contributed by atoms with Crippen LogP contribution in [0.2, 0.25) is 0 Å². The molecule has 12 heteroatoms. The molecule has 1 fully saturated rings. The Kier molecular flexibility index (Phi) is 9.00. The van der Waals surface area contributed by atoms with Crippen LogP contribution in [-0.2, 0) is 4.79 Å². The standard InChI is InChI=1S/C28H25F3N6O2S/c1-18(2)23-5-3-4-6-24(23)36-27-37(25(38)16-40-27)35-15-19-7-9-20(10-8-19)26(32)34-17-33-21-11-13-22(14-12-21)39-28(29,30)31/h3-15,17-18H,16H2,1-2H3,(H2,32,33,34)/b35-15+,36-27?. The lowest BCUT2D eigenvalue weighted by molar-refractivity contribution is -0.274. The maximum absolute atomic E-state index is 12.4. The molecule has 2 N–H and O–H groups in total. The molecule has 0 saturated carbocycles. The van der Waals surface area contributed by atoms with Crippen molar-refractivity contribution in [1.29, 1.82) is 0 Å². The highest BCUT2D eigenvalue weighted by atomic mass is 32.2. The molecule has 1 saturated heterocycles. The van der Waals surface area contributed by atoms with Gasteiger partial charge in [0.1, 0.15) is 17.9 Å². The zero-order chi connectivity index (χ0) is 28.7. The quantitative estimate of drug-likeness (QED) is 0.253. The summed E-state index contributed by atoms with van der Waals surface area (Å²) in [6.45, 7) is 4.18. The maximum Gasteiger partial charge on any atom is 0.573 e. The molecule has 1 aliphatic rings. The summed E-state index contributed by atoms with van der Waals surface area (Å²) in [6, 6.07) is 19.9. The van der Waals surface area contributed by atoms with Crippen molar-refractivity contribution in [2.45, 2.75) is 26.1 Å². The van der Waals surface area contributed by atoms with Crippen LogP contribution in [0, 0.1) is 0 Å². The number of rotatable bonds is 8. The number of aliphatic imine (C=N–C) groups is 3. The van der Waals surface area contributed by atoms with Crippen LogP contribution in [0.4, 0.5) is 24.5 Å². The number of nitrogens with zero attached hydrogens (tertiary/aromatic N) is 5. The van der Waals surface area contributed by atoms with Crippen LogP contribution in [0.15, 0.2) is 92.9 Å². The lowest BCUT2D eigenvalue weighted by Crippen LogP contribution is -2.23. The van der Waals surface area contributed by atoms with Crippen LogP contribution >= 0.6 is 11.8 Å². The van der Waals surface area contributed by atoms with Gasteiger partial charge in [-0.1, -0.05) is 68.1 Å². The Morgan fingerprint density at radius 3 is 2.42 bits per heavy atom. The lowest BCUT2D eigenvalue weighted by atomic mass is 10.0. The van der Waals surface area contributed by atoms with Gasteiger partial charge in [0.25, 0.3) is 5.91 Å². The molecule has 4 rings (SSSR count). The molecule has 8 nitrogen and oxygen atoms in total. The van der Waals surface area contributed by atoms with Gasteiger partial charge in [0, 0.05) is 5.56 Å². The lowest BCUT2D eigenvalue weighted by Gasteiger charge is -2.12. The van der Waals surface area contributed by atoms with Crippen molar-refractivity contribution >= 4 is 52.6 Å². The van der Waals surface area contributed by atoms with E-state index in [4.69, 9.17) is 10.7 Å². The van der Waals surface area contributed by atoms with Crippen molar-refractivity contribution in [3.63, 3.8) is 0 Å². The molecule has 1 amide bonds. The van der Waals surface area contributed by atoms with Crippen molar-refractivity contribution in [2.24, 2.45) is 25.8 Å². The first-order valence-electron chi connectivity index (χ1n) is 12.1. The van der Waals surface area contributed by atoms with E-state index in [9.17, 15) is 18.0 Å². The van der Waals surface area contributed by atoms with Crippen LogP contribution in [0.25, 0.3) is 0 Å². The van der Waals surface area contributed by atoms with Crippen molar-refractivity contribution < 1.29 is 22.7 Å². The maximum atomic E-state index is 12.4. The number of amides is 1. The minimum absolute atomic E-state index is 0.156. The number of amidine groups is 2. The van der Waals surface area contributed by atoms with Gasteiger partial charge in [-0.25, -0.2) is 15.0 Å². The molecule has 0 radical (unpaired) electrons. The van der Waals surface area contributed by atoms with Gasteiger partial charge in [-0.15, -0.1) is 13.2 Å². The molecule has 0 spiro atoms. The van der Waals surface area contributed by atoms with Crippen LogP contribution in [0.3, 0.4) is 0 Å². The van der Waals surface area contributed by atoms with Crippen molar-refractivity contribution in [3.8, 4) is 5.75 Å². The van der Waals surface area contributed by atoms with Gasteiger partial charge in [0.15, 0.2) is 5.17 Å². The number of carbonyl (C=O) groups is 1. The van der Waals surface area contributed by atoms with E-state index in [0.29, 0.717) is 16.4 Å². The fourth-order valence-corrected chi connectivity index (χ4v) is 4.37. The molecular formula is C28H25F3N6O2S. The van der Waals surface area contributed by atoms with Crippen molar-refractivity contribution in [2.75, 3.05) is 5.75 Å². The third-order valence-electron chi connectivity index (χ3n) is 5.52. The number of alkyl halides is 3. The molecule has 40 heavy (non-hydrogen) atoms. The number of hydrazone groups is 1. The average molecular weight is 567 g/mol. The fourth-order valence-electron chi connectivity index (χ4n) is 3.56. The number of ether oxygens (including phenoxy) is 1. The van der Waals surface area contributed by atoms with Gasteiger partial charge in [0.05, 0.1) is 23.3 Å². The predicted octanol–water partition coefficient (Wildman–Crippen LogP) is 6.37. The second-order valence-corrected chi connectivity index (χ2v) is 9.71. The predicted molar refractivity (Wildman–Crippen MR) is 153 cm³/mol. The van der Waals surface area contributed by atoms with E-state index in [0.717, 1.165) is 28.9 Å². The molecule has 0 aliphatic carbocycles. The number of halogens is 3. The Hall–Kier alpha value is -4.45. The second kappa shape index (κ2) is 12.6. The Labute approximate surface area is 233 Å². The van der Waals surface area contributed by atoms with E-state index in [1.807, 2.05) is 24.3 Å². The average Bonchev–Trinajstić information content (AvgIpc) is 3.26. The highest BCUT2D eigenvalue weighted by molar-refractivity contribution is 8.15. The highest BCUT2D eigenvalue weighted by Gasteiger charge is 2.31. The zero-order valence-corrected chi connectivity index (χ0v) is 22.4. The SMILES string of the molecule is CC(C)c1ccccc1N=C1SCC(=O)N1/N=C/c1ccc(C(N)=NC=Nc2ccc(OC(F)(F)F)cc2)cc1. The second-order valence-electron chi connectivity index (χ2n) is 8.77. The first kappa shape index (κ1) is 28.6. The molecular weight excluding hydrogens is 541 g/mol. The summed E-state index contributed by atoms with van der Waals surface area (Å²) in [6.07, 6.45) is -1.98. The van der Waals surface area contributed by atoms with Crippen LogP contribution < -0.4 is 10.5 Å². The largest absolute Gasteiger partial charge is 0.573 e. The molecule has 1 aliphatic heterocycles. The summed E-state index contributed by atoms with van der Waals surface area (Å²) >= 11 is 1.34. The first-order chi connectivity index (χ1) is 19.1. The number of para-hydroxylation sites is 1. The van der Waals surface area contributed by atoms with Crippen molar-refractivity contribution in [3.05, 3.63) is 89.5 Å². The topological polar surface area (TPSA) is 105 Å². The summed E-state index contributed by atoms with van der Waals surface area (Å²) in [4.78, 5) is 25.3. The molecule has 0 aromatic heterocycles. The van der Waals surface area contributed by atoms with Crippen LogP contribution in [0.1, 0.15) is 36.5 Å². The Balaban J connectivity index is 1.41. The summed E-state index contributed by atoms with van der Waals surface area (Å²) < 4.78 is 40.6. The molecule has 0 unspecified atom stereocenters. The fraction of sp³-hybridized carbons (Fsp3) is 0.179. The van der Waals surface area contributed by atoms with E-state index >= 15 is 0 Å². The van der Waals surface area contributed by atoms with Gasteiger partial charge < -0.3 is 10.5 Å². The Bertz CT molecular complexity index is 1470. The summed E-state index contributed by atoms with van der Waals surface area (Å²) in [5.41, 5.74) is 9.66. The number of benzene rings is 3. The van der Waals surface area contributed by atoms with E-state index in [2.05, 4.69) is 33.7 Å². The van der Waals surface area contributed by atoms with Gasteiger partial charge in [0.2, 0.25) is 0 Å². The zero-order valence-electron chi connectivity index (χ0n) is 21.5. The summed E-state index contributed by atoms with van der Waals surface area (Å²) in [5.74, 6) is 0.240. The summed E-state index contributed by atoms with van der Waals surface area (Å²) in [5, 5.41) is 6.19. The molecule has 3 aromatic carbocycles. The number of carbonyl (C=O) groups excluding carboxylic acids is 1. The van der Waals surface area contributed by atoms with Gasteiger partial charge >= 0.3 is 6.36 Å². The van der Waals surface area contributed by atoms with Crippen LogP contribution in [-0.4, -0.2) is 46.6 Å². The van der Waals surface area contributed by atoms with Crippen molar-refractivity contribution in [1.82, 2.24) is 5.01 Å². The highest BCUT2D eigenvalue weighted by Crippen LogP contribution is 2.30. The molecule has 0 atom stereocenters. The van der Waals surface area contributed by atoms with E-state index < -0.39 is 6.36 Å². The number of hydrogen-bond acceptors (Lipinski definition) is 6. The molecule has 206 valence electrons. The normalized spacial score (nSPS) is 15.8. The third kappa shape index (κ3) is 7.79. The molecule has 0 bridgehead atoms. The first-order valence-corrected chi connectivity index (χ1v) is 13.1. The minimum Gasteiger partial charge on any atom is -0.406 e. The van der Waals surface area contributed by atoms with E-state index in [1.165, 1.54) is 35.2 Å². The smallest absolute Gasteiger partial charge is 0.406 e. The van der Waals surface area contributed by atoms with Gasteiger partial charge in [-0.05, 0) is 47.4 Å². The van der Waals surface area contributed by atoms with E-state index in [-0.39, 0.29) is 29.2 Å². The van der Waals surface area contributed by atoms with E-state index in [1.54, 1.807) is 30.5 Å². The Morgan fingerprint density at radius 2 is 1.75 bits per heavy atom. The molecule has 3 aromatic rings.